The molecule has 0 radical (unpaired) electrons. The average molecular weight is 267 g/mol. The first kappa shape index (κ1) is 15.6. The highest BCUT2D eigenvalue weighted by Gasteiger charge is 2.17. The summed E-state index contributed by atoms with van der Waals surface area (Å²) in [4.78, 5) is 4.36. The lowest BCUT2D eigenvalue weighted by molar-refractivity contribution is 0.000634. The number of hydrogen-bond acceptors (Lipinski definition) is 5. The van der Waals surface area contributed by atoms with E-state index >= 15 is 0 Å². The van der Waals surface area contributed by atoms with E-state index < -0.39 is 0 Å². The van der Waals surface area contributed by atoms with Crippen LogP contribution in [0, 0.1) is 0 Å². The van der Waals surface area contributed by atoms with Gasteiger partial charge in [-0.15, -0.1) is 0 Å². The minimum absolute atomic E-state index is 0.234. The van der Waals surface area contributed by atoms with E-state index in [1.165, 1.54) is 0 Å². The van der Waals surface area contributed by atoms with Crippen LogP contribution in [0.4, 0.5) is 11.5 Å². The summed E-state index contributed by atoms with van der Waals surface area (Å²) in [5.41, 5.74) is 6.14. The molecule has 0 bridgehead atoms. The first-order chi connectivity index (χ1) is 8.98. The lowest BCUT2D eigenvalue weighted by Crippen LogP contribution is -2.33. The zero-order valence-corrected chi connectivity index (χ0v) is 12.3. The smallest absolute Gasteiger partial charge is 0.239 e. The Balaban J connectivity index is 2.63. The normalized spacial score (nSPS) is 11.4. The van der Waals surface area contributed by atoms with E-state index in [-0.39, 0.29) is 5.60 Å². The number of nitrogens with zero attached hydrogens (tertiary/aromatic N) is 1. The summed E-state index contributed by atoms with van der Waals surface area (Å²) < 4.78 is 11.1. The fraction of sp³-hybridized carbons (Fsp3) is 0.643. The molecular weight excluding hydrogens is 242 g/mol. The first-order valence-electron chi connectivity index (χ1n) is 6.75. The third-order valence-electron chi connectivity index (χ3n) is 2.56. The van der Waals surface area contributed by atoms with Crippen LogP contribution in [-0.4, -0.2) is 30.3 Å². The van der Waals surface area contributed by atoms with Gasteiger partial charge in [-0.1, -0.05) is 6.92 Å². The second kappa shape index (κ2) is 7.19. The molecule has 19 heavy (non-hydrogen) atoms. The Morgan fingerprint density at radius 2 is 2.05 bits per heavy atom. The highest BCUT2D eigenvalue weighted by Crippen LogP contribution is 2.21. The van der Waals surface area contributed by atoms with Gasteiger partial charge in [0.05, 0.1) is 17.9 Å². The van der Waals surface area contributed by atoms with Gasteiger partial charge < -0.3 is 20.5 Å². The Morgan fingerprint density at radius 3 is 2.68 bits per heavy atom. The van der Waals surface area contributed by atoms with Gasteiger partial charge in [0.2, 0.25) is 5.88 Å². The highest BCUT2D eigenvalue weighted by molar-refractivity contribution is 5.53. The van der Waals surface area contributed by atoms with Crippen LogP contribution < -0.4 is 15.8 Å². The molecule has 0 fully saturated rings. The number of ether oxygens (including phenoxy) is 2. The number of nitrogen functional groups attached to an aromatic ring is 1. The molecule has 108 valence electrons. The van der Waals surface area contributed by atoms with Crippen molar-refractivity contribution in [3.05, 3.63) is 12.1 Å². The molecule has 0 amide bonds. The van der Waals surface area contributed by atoms with Gasteiger partial charge in [-0.25, -0.2) is 0 Å². The third kappa shape index (κ3) is 5.34. The quantitative estimate of drug-likeness (QED) is 0.758. The lowest BCUT2D eigenvalue weighted by atomic mass is 10.1. The Hall–Kier alpha value is -1.49. The fourth-order valence-corrected chi connectivity index (χ4v) is 1.61. The Morgan fingerprint density at radius 1 is 1.32 bits per heavy atom. The summed E-state index contributed by atoms with van der Waals surface area (Å²) >= 11 is 0. The van der Waals surface area contributed by atoms with E-state index in [1.807, 2.05) is 33.8 Å². The van der Waals surface area contributed by atoms with Crippen molar-refractivity contribution in [2.75, 3.05) is 30.8 Å². The van der Waals surface area contributed by atoms with Gasteiger partial charge in [-0.3, -0.25) is 0 Å². The summed E-state index contributed by atoms with van der Waals surface area (Å²) in [6, 6.07) is 3.64. The predicted octanol–water partition coefficient (Wildman–Crippen LogP) is 2.68. The molecule has 1 aromatic heterocycles. The molecule has 0 saturated heterocycles. The predicted molar refractivity (Wildman–Crippen MR) is 78.6 cm³/mol. The molecule has 0 saturated carbocycles. The number of rotatable bonds is 8. The summed E-state index contributed by atoms with van der Waals surface area (Å²) in [7, 11) is 0. The molecular formula is C14H25N3O2. The highest BCUT2D eigenvalue weighted by atomic mass is 16.5. The maximum Gasteiger partial charge on any atom is 0.239 e. The molecule has 5 heteroatoms. The molecule has 0 aliphatic heterocycles. The van der Waals surface area contributed by atoms with Crippen LogP contribution in [0.1, 0.15) is 34.1 Å². The van der Waals surface area contributed by atoms with Crippen LogP contribution in [0.2, 0.25) is 0 Å². The third-order valence-corrected chi connectivity index (χ3v) is 2.56. The molecule has 1 rings (SSSR count). The molecule has 3 N–H and O–H groups in total. The number of anilines is 2. The summed E-state index contributed by atoms with van der Waals surface area (Å²) in [6.07, 6.45) is 0.927. The van der Waals surface area contributed by atoms with Gasteiger partial charge in [-0.05, 0) is 39.3 Å². The number of aromatic nitrogens is 1. The molecule has 1 aromatic rings. The van der Waals surface area contributed by atoms with E-state index in [9.17, 15) is 0 Å². The average Bonchev–Trinajstić information content (AvgIpc) is 2.36. The minimum Gasteiger partial charge on any atom is -0.476 e. The number of nitrogens with one attached hydrogen (secondary N) is 1. The van der Waals surface area contributed by atoms with Crippen molar-refractivity contribution in [1.29, 1.82) is 0 Å². The maximum absolute atomic E-state index is 5.82. The van der Waals surface area contributed by atoms with Gasteiger partial charge in [0.25, 0.3) is 0 Å². The second-order valence-electron chi connectivity index (χ2n) is 4.99. The Kier molecular flexibility index (Phi) is 5.89. The van der Waals surface area contributed by atoms with Gasteiger partial charge in [-0.2, -0.15) is 4.98 Å². The van der Waals surface area contributed by atoms with Crippen molar-refractivity contribution in [3.8, 4) is 5.88 Å². The van der Waals surface area contributed by atoms with Crippen molar-refractivity contribution in [2.24, 2.45) is 0 Å². The zero-order valence-electron chi connectivity index (χ0n) is 12.3. The summed E-state index contributed by atoms with van der Waals surface area (Å²) in [5, 5.41) is 3.24. The van der Waals surface area contributed by atoms with Gasteiger partial charge >= 0.3 is 0 Å². The largest absolute Gasteiger partial charge is 0.476 e. The van der Waals surface area contributed by atoms with E-state index in [0.29, 0.717) is 31.3 Å². The van der Waals surface area contributed by atoms with Crippen LogP contribution in [0.3, 0.4) is 0 Å². The number of nitrogens with two attached hydrogens (primary N) is 1. The van der Waals surface area contributed by atoms with Crippen molar-refractivity contribution in [3.63, 3.8) is 0 Å². The molecule has 0 aromatic carbocycles. The van der Waals surface area contributed by atoms with Gasteiger partial charge in [0.15, 0.2) is 0 Å². The Bertz CT molecular complexity index is 394. The van der Waals surface area contributed by atoms with Crippen LogP contribution in [-0.2, 0) is 4.74 Å². The van der Waals surface area contributed by atoms with E-state index in [1.54, 1.807) is 6.07 Å². The van der Waals surface area contributed by atoms with Crippen LogP contribution in [0.15, 0.2) is 12.1 Å². The standard InChI is InChI=1S/C14H25N3O2/c1-5-9-18-13-11(15)7-8-12(17-13)16-10-14(3,4)19-6-2/h7-8H,5-6,9-10,15H2,1-4H3,(H,16,17). The summed E-state index contributed by atoms with van der Waals surface area (Å²) in [6.45, 7) is 10.1. The van der Waals surface area contributed by atoms with E-state index in [0.717, 1.165) is 12.2 Å². The van der Waals surface area contributed by atoms with Crippen molar-refractivity contribution in [1.82, 2.24) is 4.98 Å². The number of pyridine rings is 1. The van der Waals surface area contributed by atoms with E-state index in [2.05, 4.69) is 10.3 Å². The topological polar surface area (TPSA) is 69.4 Å². The van der Waals surface area contributed by atoms with Crippen molar-refractivity contribution >= 4 is 11.5 Å². The monoisotopic (exact) mass is 267 g/mol. The summed E-state index contributed by atoms with van der Waals surface area (Å²) in [5.74, 6) is 1.23. The molecule has 1 heterocycles. The van der Waals surface area contributed by atoms with Crippen LogP contribution >= 0.6 is 0 Å². The molecule has 0 aliphatic rings. The van der Waals surface area contributed by atoms with Gasteiger partial charge in [0, 0.05) is 13.2 Å². The lowest BCUT2D eigenvalue weighted by Gasteiger charge is -2.25. The van der Waals surface area contributed by atoms with Crippen LogP contribution in [0.25, 0.3) is 0 Å². The SMILES string of the molecule is CCCOc1nc(NCC(C)(C)OCC)ccc1N. The van der Waals surface area contributed by atoms with E-state index in [4.69, 9.17) is 15.2 Å². The Labute approximate surface area is 115 Å². The second-order valence-corrected chi connectivity index (χ2v) is 4.99. The minimum atomic E-state index is -0.234. The maximum atomic E-state index is 5.82. The first-order valence-corrected chi connectivity index (χ1v) is 6.75. The molecule has 0 aliphatic carbocycles. The van der Waals surface area contributed by atoms with Crippen LogP contribution in [0.5, 0.6) is 5.88 Å². The molecule has 0 unspecified atom stereocenters. The van der Waals surface area contributed by atoms with Gasteiger partial charge in [0.1, 0.15) is 5.82 Å². The van der Waals surface area contributed by atoms with Crippen molar-refractivity contribution in [2.45, 2.75) is 39.7 Å². The fourth-order valence-electron chi connectivity index (χ4n) is 1.61. The molecule has 5 nitrogen and oxygen atoms in total. The molecule has 0 atom stereocenters. The number of hydrogen-bond donors (Lipinski definition) is 2. The zero-order chi connectivity index (χ0) is 14.3. The van der Waals surface area contributed by atoms with Crippen molar-refractivity contribution < 1.29 is 9.47 Å². The molecule has 0 spiro atoms.